The number of nitrogens with zero attached hydrogens (tertiary/aromatic N) is 1. The van der Waals surface area contributed by atoms with Crippen LogP contribution in [0.25, 0.3) is 0 Å². The zero-order valence-electron chi connectivity index (χ0n) is 12.8. The van der Waals surface area contributed by atoms with Gasteiger partial charge in [-0.15, -0.1) is 0 Å². The second-order valence-electron chi connectivity index (χ2n) is 5.62. The molecule has 4 nitrogen and oxygen atoms in total. The molecule has 0 spiro atoms. The number of carbonyl (C=O) groups is 2. The third kappa shape index (κ3) is 3.62. The van der Waals surface area contributed by atoms with Crippen LogP contribution >= 0.6 is 27.5 Å². The fourth-order valence-electron chi connectivity index (χ4n) is 2.75. The van der Waals surface area contributed by atoms with Crippen molar-refractivity contribution in [2.24, 2.45) is 5.92 Å². The maximum absolute atomic E-state index is 12.5. The first kappa shape index (κ1) is 17.0. The highest BCUT2D eigenvalue weighted by molar-refractivity contribution is 9.10. The Morgan fingerprint density at radius 3 is 2.62 bits per heavy atom. The van der Waals surface area contributed by atoms with Crippen molar-refractivity contribution in [3.8, 4) is 0 Å². The van der Waals surface area contributed by atoms with Crippen molar-refractivity contribution >= 4 is 45.0 Å². The van der Waals surface area contributed by atoms with Crippen LogP contribution in [0.1, 0.15) is 12.0 Å². The average Bonchev–Trinajstić information content (AvgIpc) is 2.96. The molecule has 2 aromatic rings. The van der Waals surface area contributed by atoms with E-state index in [4.69, 9.17) is 11.6 Å². The number of rotatable bonds is 4. The van der Waals surface area contributed by atoms with Crippen molar-refractivity contribution in [2.45, 2.75) is 13.0 Å². The average molecular weight is 408 g/mol. The number of benzene rings is 2. The van der Waals surface area contributed by atoms with E-state index in [2.05, 4.69) is 21.2 Å². The van der Waals surface area contributed by atoms with Gasteiger partial charge in [-0.05, 0) is 42.3 Å². The minimum absolute atomic E-state index is 0.165. The molecule has 1 heterocycles. The van der Waals surface area contributed by atoms with Crippen molar-refractivity contribution in [2.75, 3.05) is 11.4 Å². The molecule has 1 aliphatic heterocycles. The van der Waals surface area contributed by atoms with Crippen LogP contribution in [0.2, 0.25) is 5.02 Å². The van der Waals surface area contributed by atoms with E-state index in [-0.39, 0.29) is 11.8 Å². The van der Waals surface area contributed by atoms with Gasteiger partial charge in [-0.25, -0.2) is 0 Å². The Bertz CT molecular complexity index is 764. The molecule has 1 aliphatic rings. The van der Waals surface area contributed by atoms with Gasteiger partial charge in [-0.3, -0.25) is 9.59 Å². The molecule has 2 aromatic carbocycles. The first-order chi connectivity index (χ1) is 11.6. The number of hydrogen-bond acceptors (Lipinski definition) is 2. The quantitative estimate of drug-likeness (QED) is 0.784. The molecule has 1 N–H and O–H groups in total. The summed E-state index contributed by atoms with van der Waals surface area (Å²) in [5, 5.41) is 3.47. The Kier molecular flexibility index (Phi) is 5.21. The van der Waals surface area contributed by atoms with Crippen LogP contribution in [0.15, 0.2) is 53.0 Å². The number of hydrogen-bond donors (Lipinski definition) is 1. The third-order valence-corrected chi connectivity index (χ3v) is 5.10. The van der Waals surface area contributed by atoms with Crippen LogP contribution in [-0.4, -0.2) is 18.4 Å². The second kappa shape index (κ2) is 7.36. The Labute approximate surface area is 153 Å². The number of halogens is 2. The number of anilines is 1. The summed E-state index contributed by atoms with van der Waals surface area (Å²) >= 11 is 9.33. The summed E-state index contributed by atoms with van der Waals surface area (Å²) in [6.45, 7) is 0.929. The maximum Gasteiger partial charge on any atom is 0.239 e. The van der Waals surface area contributed by atoms with Gasteiger partial charge in [0.2, 0.25) is 11.8 Å². The molecule has 0 unspecified atom stereocenters. The van der Waals surface area contributed by atoms with Crippen LogP contribution in [0.5, 0.6) is 0 Å². The molecule has 124 valence electrons. The number of nitrogens with one attached hydrogen (secondary N) is 1. The molecule has 0 aliphatic carbocycles. The molecule has 0 radical (unpaired) electrons. The predicted molar refractivity (Wildman–Crippen MR) is 97.9 cm³/mol. The van der Waals surface area contributed by atoms with Crippen molar-refractivity contribution in [1.29, 1.82) is 0 Å². The van der Waals surface area contributed by atoms with Crippen LogP contribution in [-0.2, 0) is 16.1 Å². The Hall–Kier alpha value is -1.85. The molecule has 2 amide bonds. The van der Waals surface area contributed by atoms with E-state index in [1.807, 2.05) is 24.3 Å². The summed E-state index contributed by atoms with van der Waals surface area (Å²) in [6, 6.07) is 14.7. The monoisotopic (exact) mass is 406 g/mol. The number of amides is 2. The van der Waals surface area contributed by atoms with E-state index in [1.165, 1.54) is 0 Å². The lowest BCUT2D eigenvalue weighted by Crippen LogP contribution is -2.36. The highest BCUT2D eigenvalue weighted by Gasteiger charge is 2.37. The molecule has 0 saturated carbocycles. The highest BCUT2D eigenvalue weighted by atomic mass is 79.9. The topological polar surface area (TPSA) is 49.4 Å². The van der Waals surface area contributed by atoms with Crippen molar-refractivity contribution < 1.29 is 9.59 Å². The van der Waals surface area contributed by atoms with Crippen LogP contribution < -0.4 is 10.2 Å². The van der Waals surface area contributed by atoms with Gasteiger partial charge >= 0.3 is 0 Å². The van der Waals surface area contributed by atoms with E-state index in [0.29, 0.717) is 24.5 Å². The smallest absolute Gasteiger partial charge is 0.239 e. The van der Waals surface area contributed by atoms with Crippen LogP contribution in [0.3, 0.4) is 0 Å². The lowest BCUT2D eigenvalue weighted by atomic mass is 10.1. The minimum Gasteiger partial charge on any atom is -0.351 e. The maximum atomic E-state index is 12.5. The van der Waals surface area contributed by atoms with Gasteiger partial charge in [-0.1, -0.05) is 45.7 Å². The minimum atomic E-state index is -0.636. The highest BCUT2D eigenvalue weighted by Crippen LogP contribution is 2.26. The van der Waals surface area contributed by atoms with Crippen LogP contribution in [0, 0.1) is 5.92 Å². The summed E-state index contributed by atoms with van der Waals surface area (Å²) < 4.78 is 0.936. The summed E-state index contributed by atoms with van der Waals surface area (Å²) in [5.74, 6) is -1.03. The van der Waals surface area contributed by atoms with Gasteiger partial charge in [0, 0.05) is 28.3 Å². The zero-order chi connectivity index (χ0) is 17.1. The predicted octanol–water partition coefficient (Wildman–Crippen LogP) is 3.77. The Morgan fingerprint density at radius 1 is 1.21 bits per heavy atom. The van der Waals surface area contributed by atoms with Crippen molar-refractivity contribution in [3.63, 3.8) is 0 Å². The fraction of sp³-hybridized carbons (Fsp3) is 0.222. The summed E-state index contributed by atoms with van der Waals surface area (Å²) in [4.78, 5) is 26.5. The fourth-order valence-corrected chi connectivity index (χ4v) is 3.30. The number of carbonyl (C=O) groups excluding carboxylic acids is 2. The summed E-state index contributed by atoms with van der Waals surface area (Å²) in [5.41, 5.74) is 1.75. The Balaban J connectivity index is 1.63. The first-order valence-corrected chi connectivity index (χ1v) is 8.81. The van der Waals surface area contributed by atoms with Gasteiger partial charge in [0.05, 0.1) is 0 Å². The van der Waals surface area contributed by atoms with Gasteiger partial charge in [0.15, 0.2) is 0 Å². The summed E-state index contributed by atoms with van der Waals surface area (Å²) in [7, 11) is 0. The molecule has 24 heavy (non-hydrogen) atoms. The van der Waals surface area contributed by atoms with Gasteiger partial charge < -0.3 is 10.2 Å². The molecule has 3 rings (SSSR count). The van der Waals surface area contributed by atoms with Gasteiger partial charge in [0.1, 0.15) is 5.92 Å². The van der Waals surface area contributed by atoms with Crippen molar-refractivity contribution in [1.82, 2.24) is 5.32 Å². The lowest BCUT2D eigenvalue weighted by Gasteiger charge is -2.17. The first-order valence-electron chi connectivity index (χ1n) is 7.64. The second-order valence-corrected chi connectivity index (χ2v) is 6.91. The zero-order valence-corrected chi connectivity index (χ0v) is 15.2. The molecule has 1 fully saturated rings. The van der Waals surface area contributed by atoms with E-state index < -0.39 is 5.92 Å². The molecule has 0 bridgehead atoms. The van der Waals surface area contributed by atoms with Crippen LogP contribution in [0.4, 0.5) is 5.69 Å². The Morgan fingerprint density at radius 2 is 1.92 bits per heavy atom. The van der Waals surface area contributed by atoms with Crippen molar-refractivity contribution in [3.05, 3.63) is 63.6 Å². The molecule has 0 aromatic heterocycles. The largest absolute Gasteiger partial charge is 0.351 e. The SMILES string of the molecule is O=C(NCc1ccccc1Br)[C@H]1CCN(c2ccc(Cl)cc2)C1=O. The normalized spacial score (nSPS) is 17.2. The van der Waals surface area contributed by atoms with E-state index in [9.17, 15) is 9.59 Å². The lowest BCUT2D eigenvalue weighted by molar-refractivity contribution is -0.132. The molecular formula is C18H16BrClN2O2. The van der Waals surface area contributed by atoms with Gasteiger partial charge in [0.25, 0.3) is 0 Å². The van der Waals surface area contributed by atoms with E-state index in [1.54, 1.807) is 29.2 Å². The van der Waals surface area contributed by atoms with E-state index >= 15 is 0 Å². The standard InChI is InChI=1S/C18H16BrClN2O2/c19-16-4-2-1-3-12(16)11-21-17(23)15-9-10-22(18(15)24)14-7-5-13(20)6-8-14/h1-8,15H,9-11H2,(H,21,23)/t15-/m1/s1. The van der Waals surface area contributed by atoms with E-state index in [0.717, 1.165) is 15.7 Å². The molecular weight excluding hydrogens is 392 g/mol. The van der Waals surface area contributed by atoms with Gasteiger partial charge in [-0.2, -0.15) is 0 Å². The molecule has 1 saturated heterocycles. The summed E-state index contributed by atoms with van der Waals surface area (Å²) in [6.07, 6.45) is 0.517. The molecule has 6 heteroatoms. The third-order valence-electron chi connectivity index (χ3n) is 4.07. The molecule has 1 atom stereocenters.